The van der Waals surface area contributed by atoms with Gasteiger partial charge in [0.25, 0.3) is 0 Å². The van der Waals surface area contributed by atoms with Gasteiger partial charge in [-0.1, -0.05) is 6.07 Å². The number of aliphatic hydroxyl groups is 1. The molecule has 0 aliphatic rings. The topological polar surface area (TPSA) is 36.6 Å². The first-order valence-corrected chi connectivity index (χ1v) is 6.36. The van der Waals surface area contributed by atoms with Crippen LogP contribution in [0.4, 0.5) is 8.78 Å². The third-order valence-electron chi connectivity index (χ3n) is 3.41. The number of benzene rings is 1. The largest absolute Gasteiger partial charge is 0.468 e. The Morgan fingerprint density at radius 1 is 1.20 bits per heavy atom. The van der Waals surface area contributed by atoms with Gasteiger partial charge in [0.1, 0.15) is 17.4 Å². The lowest BCUT2D eigenvalue weighted by Gasteiger charge is -2.26. The van der Waals surface area contributed by atoms with E-state index in [4.69, 9.17) is 4.42 Å². The number of furan rings is 1. The quantitative estimate of drug-likeness (QED) is 0.913. The second kappa shape index (κ2) is 6.15. The van der Waals surface area contributed by atoms with Crippen molar-refractivity contribution in [2.45, 2.75) is 19.1 Å². The van der Waals surface area contributed by atoms with Crippen LogP contribution in [0.25, 0.3) is 0 Å². The smallest absolute Gasteiger partial charge is 0.131 e. The molecule has 2 rings (SSSR count). The second-order valence-corrected chi connectivity index (χ2v) is 4.78. The summed E-state index contributed by atoms with van der Waals surface area (Å²) in [5.41, 5.74) is -0.300. The van der Waals surface area contributed by atoms with E-state index in [9.17, 15) is 13.9 Å². The van der Waals surface area contributed by atoms with E-state index in [0.717, 1.165) is 17.9 Å². The molecule has 0 saturated heterocycles. The van der Waals surface area contributed by atoms with Crippen LogP contribution in [-0.2, 0) is 0 Å². The molecule has 1 N–H and O–H groups in total. The van der Waals surface area contributed by atoms with Crippen molar-refractivity contribution in [2.24, 2.45) is 0 Å². The lowest BCUT2D eigenvalue weighted by molar-refractivity contribution is 0.0968. The minimum Gasteiger partial charge on any atom is -0.468 e. The molecule has 3 nitrogen and oxygen atoms in total. The monoisotopic (exact) mass is 281 g/mol. The molecule has 0 saturated carbocycles. The number of halogens is 2. The molecule has 1 aromatic carbocycles. The van der Waals surface area contributed by atoms with Crippen LogP contribution in [0.1, 0.15) is 30.4 Å². The van der Waals surface area contributed by atoms with Gasteiger partial charge < -0.3 is 9.52 Å². The zero-order valence-electron chi connectivity index (χ0n) is 11.4. The predicted molar refractivity (Wildman–Crippen MR) is 71.1 cm³/mol. The molecule has 1 aromatic heterocycles. The fraction of sp³-hybridized carbons (Fsp3) is 0.333. The van der Waals surface area contributed by atoms with Gasteiger partial charge in [-0.25, -0.2) is 8.78 Å². The summed E-state index contributed by atoms with van der Waals surface area (Å²) >= 11 is 0. The highest BCUT2D eigenvalue weighted by Gasteiger charge is 2.22. The van der Waals surface area contributed by atoms with Crippen molar-refractivity contribution in [2.75, 3.05) is 13.6 Å². The van der Waals surface area contributed by atoms with Gasteiger partial charge in [0.2, 0.25) is 0 Å². The van der Waals surface area contributed by atoms with Crippen LogP contribution < -0.4 is 0 Å². The first-order valence-electron chi connectivity index (χ1n) is 6.36. The van der Waals surface area contributed by atoms with Crippen molar-refractivity contribution in [3.8, 4) is 0 Å². The maximum Gasteiger partial charge on any atom is 0.131 e. The van der Waals surface area contributed by atoms with Gasteiger partial charge in [0.15, 0.2) is 0 Å². The summed E-state index contributed by atoms with van der Waals surface area (Å²) in [6.45, 7) is 1.99. The molecule has 2 atom stereocenters. The maximum absolute atomic E-state index is 13.6. The molecule has 0 amide bonds. The van der Waals surface area contributed by atoms with Crippen LogP contribution >= 0.6 is 0 Å². The molecule has 0 spiro atoms. The molecule has 5 heteroatoms. The molecule has 0 aliphatic heterocycles. The van der Waals surface area contributed by atoms with Gasteiger partial charge in [0.05, 0.1) is 24.0 Å². The number of nitrogens with zero attached hydrogens (tertiary/aromatic N) is 1. The molecule has 0 aliphatic carbocycles. The standard InChI is InChI=1S/C15H17F2NO2/c1-10(14-7-4-8-20-14)18(2)9-13(19)15-11(16)5-3-6-12(15)17/h3-8,10,13,19H,9H2,1-2H3. The summed E-state index contributed by atoms with van der Waals surface area (Å²) in [4.78, 5) is 1.77. The third kappa shape index (κ3) is 3.05. The van der Waals surface area contributed by atoms with E-state index in [0.29, 0.717) is 0 Å². The molecule has 20 heavy (non-hydrogen) atoms. The van der Waals surface area contributed by atoms with Gasteiger partial charge >= 0.3 is 0 Å². The van der Waals surface area contributed by atoms with Gasteiger partial charge in [-0.05, 0) is 38.2 Å². The van der Waals surface area contributed by atoms with Crippen molar-refractivity contribution in [1.82, 2.24) is 4.90 Å². The summed E-state index contributed by atoms with van der Waals surface area (Å²) in [7, 11) is 1.76. The van der Waals surface area contributed by atoms with Crippen molar-refractivity contribution in [1.29, 1.82) is 0 Å². The first-order chi connectivity index (χ1) is 9.50. The van der Waals surface area contributed by atoms with E-state index < -0.39 is 17.7 Å². The summed E-state index contributed by atoms with van der Waals surface area (Å²) in [5.74, 6) is -0.748. The average molecular weight is 281 g/mol. The van der Waals surface area contributed by atoms with E-state index in [1.807, 2.05) is 13.0 Å². The van der Waals surface area contributed by atoms with E-state index in [1.165, 1.54) is 6.07 Å². The Morgan fingerprint density at radius 2 is 1.85 bits per heavy atom. The molecular weight excluding hydrogens is 264 g/mol. The molecule has 2 unspecified atom stereocenters. The molecule has 0 bridgehead atoms. The Hall–Kier alpha value is -1.72. The average Bonchev–Trinajstić information content (AvgIpc) is 2.91. The lowest BCUT2D eigenvalue weighted by atomic mass is 10.1. The van der Waals surface area contributed by atoms with Crippen molar-refractivity contribution in [3.63, 3.8) is 0 Å². The van der Waals surface area contributed by atoms with Crippen molar-refractivity contribution in [3.05, 3.63) is 59.6 Å². The first kappa shape index (κ1) is 14.7. The maximum atomic E-state index is 13.6. The van der Waals surface area contributed by atoms with Crippen LogP contribution in [0.3, 0.4) is 0 Å². The van der Waals surface area contributed by atoms with Crippen LogP contribution in [-0.4, -0.2) is 23.6 Å². The molecule has 108 valence electrons. The number of hydrogen-bond donors (Lipinski definition) is 1. The minimum absolute atomic E-state index is 0.0969. The van der Waals surface area contributed by atoms with Gasteiger partial charge in [0, 0.05) is 6.54 Å². The fourth-order valence-electron chi connectivity index (χ4n) is 2.10. The minimum atomic E-state index is -1.24. The summed E-state index contributed by atoms with van der Waals surface area (Å²) in [6, 6.07) is 7.03. The van der Waals surface area contributed by atoms with E-state index in [-0.39, 0.29) is 18.2 Å². The van der Waals surface area contributed by atoms with Gasteiger partial charge in [-0.3, -0.25) is 4.90 Å². The highest BCUT2D eigenvalue weighted by Crippen LogP contribution is 2.25. The Labute approximate surface area is 116 Å². The molecule has 2 aromatic rings. The highest BCUT2D eigenvalue weighted by molar-refractivity contribution is 5.22. The Bertz CT molecular complexity index is 537. The number of hydrogen-bond acceptors (Lipinski definition) is 3. The lowest BCUT2D eigenvalue weighted by Crippen LogP contribution is -2.28. The number of rotatable bonds is 5. The zero-order chi connectivity index (χ0) is 14.7. The van der Waals surface area contributed by atoms with Crippen LogP contribution in [0.15, 0.2) is 41.0 Å². The van der Waals surface area contributed by atoms with Crippen LogP contribution in [0.5, 0.6) is 0 Å². The normalized spacial score (nSPS) is 14.5. The summed E-state index contributed by atoms with van der Waals surface area (Å²) in [5, 5.41) is 10.0. The zero-order valence-corrected chi connectivity index (χ0v) is 11.4. The molecule has 1 heterocycles. The van der Waals surface area contributed by atoms with Gasteiger partial charge in [-0.2, -0.15) is 0 Å². The Kier molecular flexibility index (Phi) is 4.52. The Morgan fingerprint density at radius 3 is 2.40 bits per heavy atom. The fourth-order valence-corrected chi connectivity index (χ4v) is 2.10. The van der Waals surface area contributed by atoms with Crippen LogP contribution in [0, 0.1) is 11.6 Å². The molecular formula is C15H17F2NO2. The Balaban J connectivity index is 2.09. The van der Waals surface area contributed by atoms with E-state index in [1.54, 1.807) is 24.3 Å². The molecule has 0 radical (unpaired) electrons. The number of aliphatic hydroxyl groups excluding tert-OH is 1. The predicted octanol–water partition coefficient (Wildman–Crippen LogP) is 3.28. The van der Waals surface area contributed by atoms with Gasteiger partial charge in [-0.15, -0.1) is 0 Å². The molecule has 0 fully saturated rings. The SMILES string of the molecule is CC(c1ccco1)N(C)CC(O)c1c(F)cccc1F. The van der Waals surface area contributed by atoms with Crippen LogP contribution in [0.2, 0.25) is 0 Å². The number of likely N-dealkylation sites (N-methyl/N-ethyl adjacent to an activating group) is 1. The highest BCUT2D eigenvalue weighted by atomic mass is 19.1. The van der Waals surface area contributed by atoms with E-state index in [2.05, 4.69) is 0 Å². The van der Waals surface area contributed by atoms with Crippen molar-refractivity contribution < 1.29 is 18.3 Å². The summed E-state index contributed by atoms with van der Waals surface area (Å²) < 4.78 is 32.5. The van der Waals surface area contributed by atoms with E-state index >= 15 is 0 Å². The summed E-state index contributed by atoms with van der Waals surface area (Å²) in [6.07, 6.45) is 0.325. The van der Waals surface area contributed by atoms with Crippen molar-refractivity contribution >= 4 is 0 Å². The third-order valence-corrected chi connectivity index (χ3v) is 3.41. The second-order valence-electron chi connectivity index (χ2n) is 4.78.